The SMILES string of the molecule is O=C1c2ccc(O)c(O)c2C(=O)N1C(F)(F)c1c(F)c(F)c(F)c(F)c1F. The molecule has 27 heavy (non-hydrogen) atoms. The van der Waals surface area contributed by atoms with Crippen LogP contribution in [0.4, 0.5) is 30.7 Å². The Morgan fingerprint density at radius 3 is 1.78 bits per heavy atom. The highest BCUT2D eigenvalue weighted by atomic mass is 19.3. The molecule has 1 aliphatic rings. The minimum Gasteiger partial charge on any atom is -0.504 e. The van der Waals surface area contributed by atoms with Crippen molar-refractivity contribution < 1.29 is 50.5 Å². The summed E-state index contributed by atoms with van der Waals surface area (Å²) in [5, 5.41) is 18.9. The van der Waals surface area contributed by atoms with Crippen LogP contribution in [0.3, 0.4) is 0 Å². The summed E-state index contributed by atoms with van der Waals surface area (Å²) in [7, 11) is 0. The Balaban J connectivity index is 2.25. The number of carbonyl (C=O) groups excluding carboxylic acids is 2. The number of hydrogen-bond acceptors (Lipinski definition) is 4. The smallest absolute Gasteiger partial charge is 0.367 e. The average molecular weight is 395 g/mol. The molecule has 142 valence electrons. The predicted octanol–water partition coefficient (Wildman–Crippen LogP) is 3.14. The molecule has 3 rings (SSSR count). The van der Waals surface area contributed by atoms with E-state index in [1.165, 1.54) is 0 Å². The number of alkyl halides is 2. The lowest BCUT2D eigenvalue weighted by molar-refractivity contribution is -0.115. The van der Waals surface area contributed by atoms with E-state index in [0.29, 0.717) is 12.1 Å². The van der Waals surface area contributed by atoms with Crippen molar-refractivity contribution in [1.82, 2.24) is 4.90 Å². The highest BCUT2D eigenvalue weighted by Gasteiger charge is 2.56. The van der Waals surface area contributed by atoms with Crippen molar-refractivity contribution in [2.24, 2.45) is 0 Å². The van der Waals surface area contributed by atoms with Crippen LogP contribution >= 0.6 is 0 Å². The fraction of sp³-hybridized carbons (Fsp3) is 0.0667. The van der Waals surface area contributed by atoms with Crippen LogP contribution < -0.4 is 0 Å². The van der Waals surface area contributed by atoms with E-state index in [1.54, 1.807) is 0 Å². The first-order valence-corrected chi connectivity index (χ1v) is 6.76. The van der Waals surface area contributed by atoms with Crippen LogP contribution in [-0.2, 0) is 6.05 Å². The van der Waals surface area contributed by atoms with E-state index < -0.39 is 80.0 Å². The Bertz CT molecular complexity index is 1010. The van der Waals surface area contributed by atoms with Gasteiger partial charge in [0.15, 0.2) is 34.8 Å². The second-order valence-corrected chi connectivity index (χ2v) is 5.29. The van der Waals surface area contributed by atoms with E-state index in [4.69, 9.17) is 0 Å². The van der Waals surface area contributed by atoms with Gasteiger partial charge >= 0.3 is 6.05 Å². The third-order valence-electron chi connectivity index (χ3n) is 3.80. The number of aromatic hydroxyl groups is 2. The van der Waals surface area contributed by atoms with E-state index in [2.05, 4.69) is 0 Å². The highest BCUT2D eigenvalue weighted by molar-refractivity contribution is 6.23. The molecular formula is C15H4F7NO4. The molecule has 0 aromatic heterocycles. The molecule has 2 aromatic carbocycles. The van der Waals surface area contributed by atoms with Crippen molar-refractivity contribution in [3.63, 3.8) is 0 Å². The summed E-state index contributed by atoms with van der Waals surface area (Å²) in [4.78, 5) is 23.1. The molecule has 0 unspecified atom stereocenters. The number of nitrogens with zero attached hydrogens (tertiary/aromatic N) is 1. The summed E-state index contributed by atoms with van der Waals surface area (Å²) in [6, 6.07) is -4.00. The van der Waals surface area contributed by atoms with Crippen molar-refractivity contribution in [1.29, 1.82) is 0 Å². The van der Waals surface area contributed by atoms with Gasteiger partial charge in [-0.25, -0.2) is 26.9 Å². The number of fused-ring (bicyclic) bond motifs is 1. The van der Waals surface area contributed by atoms with Crippen LogP contribution in [0.15, 0.2) is 12.1 Å². The monoisotopic (exact) mass is 395 g/mol. The molecule has 5 nitrogen and oxygen atoms in total. The Morgan fingerprint density at radius 2 is 1.26 bits per heavy atom. The third-order valence-corrected chi connectivity index (χ3v) is 3.80. The molecule has 0 saturated carbocycles. The van der Waals surface area contributed by atoms with Gasteiger partial charge in [0, 0.05) is 0 Å². The second kappa shape index (κ2) is 5.59. The van der Waals surface area contributed by atoms with E-state index in [9.17, 15) is 50.5 Å². The largest absolute Gasteiger partial charge is 0.504 e. The Hall–Kier alpha value is -3.31. The maximum Gasteiger partial charge on any atom is 0.367 e. The van der Waals surface area contributed by atoms with Gasteiger partial charge in [0.05, 0.1) is 11.1 Å². The zero-order valence-electron chi connectivity index (χ0n) is 12.5. The number of imide groups is 1. The minimum absolute atomic E-state index is 0.652. The van der Waals surface area contributed by atoms with Gasteiger partial charge in [-0.1, -0.05) is 0 Å². The number of rotatable bonds is 2. The topological polar surface area (TPSA) is 77.8 Å². The second-order valence-electron chi connectivity index (χ2n) is 5.29. The number of benzene rings is 2. The molecule has 0 fully saturated rings. The quantitative estimate of drug-likeness (QED) is 0.205. The van der Waals surface area contributed by atoms with E-state index in [-0.39, 0.29) is 0 Å². The molecule has 0 aliphatic carbocycles. The van der Waals surface area contributed by atoms with Gasteiger partial charge in [0.2, 0.25) is 5.82 Å². The Kier molecular flexibility index (Phi) is 3.83. The van der Waals surface area contributed by atoms with Crippen molar-refractivity contribution >= 4 is 11.8 Å². The molecule has 12 heteroatoms. The molecule has 2 amide bonds. The summed E-state index contributed by atoms with van der Waals surface area (Å²) >= 11 is 0. The summed E-state index contributed by atoms with van der Waals surface area (Å²) in [5.74, 6) is -20.2. The first-order valence-electron chi connectivity index (χ1n) is 6.76. The zero-order valence-corrected chi connectivity index (χ0v) is 12.5. The van der Waals surface area contributed by atoms with Crippen LogP contribution in [0.25, 0.3) is 0 Å². The third kappa shape index (κ3) is 2.25. The molecule has 1 heterocycles. The lowest BCUT2D eigenvalue weighted by Crippen LogP contribution is -2.45. The number of phenols is 2. The van der Waals surface area contributed by atoms with Crippen LogP contribution in [0.5, 0.6) is 11.5 Å². The summed E-state index contributed by atoms with van der Waals surface area (Å²) in [6.07, 6.45) is 0. The molecule has 2 aromatic rings. The van der Waals surface area contributed by atoms with Crippen LogP contribution in [0, 0.1) is 29.1 Å². The number of carbonyl (C=O) groups is 2. The van der Waals surface area contributed by atoms with Gasteiger partial charge in [0.25, 0.3) is 11.8 Å². The van der Waals surface area contributed by atoms with Gasteiger partial charge in [-0.3, -0.25) is 9.59 Å². The number of hydrogen-bond donors (Lipinski definition) is 2. The van der Waals surface area contributed by atoms with Gasteiger partial charge in [-0.15, -0.1) is 0 Å². The molecule has 1 aliphatic heterocycles. The molecule has 0 saturated heterocycles. The molecule has 0 radical (unpaired) electrons. The average Bonchev–Trinajstić information content (AvgIpc) is 2.86. The number of amides is 2. The van der Waals surface area contributed by atoms with E-state index in [1.807, 2.05) is 0 Å². The number of halogens is 7. The Labute approximate surface area is 143 Å². The summed E-state index contributed by atoms with van der Waals surface area (Å²) in [6.45, 7) is 0. The van der Waals surface area contributed by atoms with Crippen LogP contribution in [0.2, 0.25) is 0 Å². The van der Waals surface area contributed by atoms with E-state index >= 15 is 0 Å². The molecule has 0 spiro atoms. The van der Waals surface area contributed by atoms with E-state index in [0.717, 1.165) is 0 Å². The normalized spacial score (nSPS) is 14.1. The summed E-state index contributed by atoms with van der Waals surface area (Å²) in [5.41, 5.74) is -4.72. The maximum atomic E-state index is 14.6. The number of phenolic OH excluding ortho intramolecular Hbond substituents is 2. The standard InChI is InChI=1S/C15H4F7NO4/c16-7-6(8(17)10(19)11(20)9(7)18)15(21,22)23-13(26)3-1-2-4(24)12(25)5(3)14(23)27/h1-2,24-25H. The first-order chi connectivity index (χ1) is 12.4. The van der Waals surface area contributed by atoms with Crippen molar-refractivity contribution in [2.75, 3.05) is 0 Å². The highest BCUT2D eigenvalue weighted by Crippen LogP contribution is 2.45. The van der Waals surface area contributed by atoms with Crippen molar-refractivity contribution in [3.05, 3.63) is 57.9 Å². The molecule has 2 N–H and O–H groups in total. The lowest BCUT2D eigenvalue weighted by atomic mass is 10.1. The van der Waals surface area contributed by atoms with Gasteiger partial charge in [-0.2, -0.15) is 8.78 Å². The summed E-state index contributed by atoms with van der Waals surface area (Å²) < 4.78 is 96.2. The minimum atomic E-state index is -5.32. The van der Waals surface area contributed by atoms with Crippen molar-refractivity contribution in [2.45, 2.75) is 6.05 Å². The Morgan fingerprint density at radius 1 is 0.778 bits per heavy atom. The van der Waals surface area contributed by atoms with Crippen molar-refractivity contribution in [3.8, 4) is 11.5 Å². The van der Waals surface area contributed by atoms with Crippen LogP contribution in [-0.4, -0.2) is 26.9 Å². The molecular weight excluding hydrogens is 391 g/mol. The molecule has 0 bridgehead atoms. The zero-order chi connectivity index (χ0) is 20.4. The first kappa shape index (κ1) is 18.5. The fourth-order valence-corrected chi connectivity index (χ4v) is 2.54. The van der Waals surface area contributed by atoms with Gasteiger partial charge < -0.3 is 10.2 Å². The van der Waals surface area contributed by atoms with Gasteiger partial charge in [0.1, 0.15) is 5.56 Å². The maximum absolute atomic E-state index is 14.6. The molecule has 0 atom stereocenters. The lowest BCUT2D eigenvalue weighted by Gasteiger charge is -2.26. The predicted molar refractivity (Wildman–Crippen MR) is 70.4 cm³/mol. The fourth-order valence-electron chi connectivity index (χ4n) is 2.54. The van der Waals surface area contributed by atoms with Crippen LogP contribution in [0.1, 0.15) is 26.3 Å². The van der Waals surface area contributed by atoms with Gasteiger partial charge in [-0.05, 0) is 12.1 Å².